The first-order chi connectivity index (χ1) is 7.74. The number of nitrogens with zero attached hydrogens (tertiary/aromatic N) is 1. The third-order valence-corrected chi connectivity index (χ3v) is 3.82. The van der Waals surface area contributed by atoms with Gasteiger partial charge in [-0.25, -0.2) is 0 Å². The van der Waals surface area contributed by atoms with Gasteiger partial charge in [-0.15, -0.1) is 0 Å². The van der Waals surface area contributed by atoms with Crippen molar-refractivity contribution < 1.29 is 9.21 Å². The second-order valence-electron chi connectivity index (χ2n) is 4.16. The van der Waals surface area contributed by atoms with Gasteiger partial charge in [0.15, 0.2) is 4.67 Å². The third-order valence-electron chi connectivity index (χ3n) is 3.21. The van der Waals surface area contributed by atoms with Crippen LogP contribution in [0.4, 0.5) is 0 Å². The lowest BCUT2D eigenvalue weighted by atomic mass is 9.99. The normalized spacial score (nSPS) is 21.1. The van der Waals surface area contributed by atoms with Gasteiger partial charge in [-0.3, -0.25) is 4.79 Å². The Balaban J connectivity index is 2.17. The van der Waals surface area contributed by atoms with E-state index >= 15 is 0 Å². The number of rotatable bonds is 2. The number of furan rings is 1. The lowest BCUT2D eigenvalue weighted by Gasteiger charge is -2.35. The van der Waals surface area contributed by atoms with Gasteiger partial charge in [0, 0.05) is 12.6 Å². The van der Waals surface area contributed by atoms with Gasteiger partial charge >= 0.3 is 0 Å². The van der Waals surface area contributed by atoms with Gasteiger partial charge in [-0.05, 0) is 47.7 Å². The molecule has 1 aromatic rings. The fourth-order valence-electron chi connectivity index (χ4n) is 2.29. The Labute approximate surface area is 104 Å². The van der Waals surface area contributed by atoms with Gasteiger partial charge in [-0.2, -0.15) is 0 Å². The van der Waals surface area contributed by atoms with Crippen molar-refractivity contribution in [1.82, 2.24) is 4.90 Å². The predicted molar refractivity (Wildman–Crippen MR) is 65.4 cm³/mol. The molecule has 2 rings (SSSR count). The average molecular weight is 286 g/mol. The van der Waals surface area contributed by atoms with E-state index in [2.05, 4.69) is 22.9 Å². The highest BCUT2D eigenvalue weighted by Crippen LogP contribution is 2.25. The molecule has 0 N–H and O–H groups in total. The van der Waals surface area contributed by atoms with E-state index in [0.29, 0.717) is 16.3 Å². The molecule has 0 spiro atoms. The Morgan fingerprint density at radius 3 is 3.06 bits per heavy atom. The van der Waals surface area contributed by atoms with Crippen LogP contribution in [0.25, 0.3) is 0 Å². The standard InChI is InChI=1S/C12H16BrNO2/c1-2-9-5-3-4-7-14(9)12(15)10-6-8-16-11(10)13/h6,8-9H,2-5,7H2,1H3. The summed E-state index contributed by atoms with van der Waals surface area (Å²) >= 11 is 3.26. The molecule has 3 nitrogen and oxygen atoms in total. The third kappa shape index (κ3) is 2.17. The molecule has 1 atom stereocenters. The smallest absolute Gasteiger partial charge is 0.258 e. The molecule has 1 saturated heterocycles. The molecule has 0 aliphatic carbocycles. The first kappa shape index (κ1) is 11.7. The second-order valence-corrected chi connectivity index (χ2v) is 4.88. The molecule has 2 heterocycles. The van der Waals surface area contributed by atoms with E-state index < -0.39 is 0 Å². The van der Waals surface area contributed by atoms with Crippen LogP contribution in [0, 0.1) is 0 Å². The average Bonchev–Trinajstić information content (AvgIpc) is 2.74. The molecule has 0 saturated carbocycles. The van der Waals surface area contributed by atoms with Crippen molar-refractivity contribution in [3.8, 4) is 0 Å². The molecule has 16 heavy (non-hydrogen) atoms. The Morgan fingerprint density at radius 2 is 2.44 bits per heavy atom. The summed E-state index contributed by atoms with van der Waals surface area (Å²) in [6, 6.07) is 2.12. The lowest BCUT2D eigenvalue weighted by molar-refractivity contribution is 0.0606. The summed E-state index contributed by atoms with van der Waals surface area (Å²) < 4.78 is 5.65. The molecule has 1 aliphatic rings. The van der Waals surface area contributed by atoms with E-state index in [1.54, 1.807) is 12.3 Å². The summed E-state index contributed by atoms with van der Waals surface area (Å²) in [4.78, 5) is 14.3. The van der Waals surface area contributed by atoms with Crippen molar-refractivity contribution in [1.29, 1.82) is 0 Å². The van der Waals surface area contributed by atoms with Crippen LogP contribution in [-0.2, 0) is 0 Å². The topological polar surface area (TPSA) is 33.5 Å². The van der Waals surface area contributed by atoms with Gasteiger partial charge in [-0.1, -0.05) is 6.92 Å². The maximum absolute atomic E-state index is 12.3. The van der Waals surface area contributed by atoms with Crippen molar-refractivity contribution in [2.75, 3.05) is 6.54 Å². The fourth-order valence-corrected chi connectivity index (χ4v) is 2.70. The maximum atomic E-state index is 12.3. The number of likely N-dealkylation sites (tertiary alicyclic amines) is 1. The van der Waals surface area contributed by atoms with Gasteiger partial charge in [0.05, 0.1) is 11.8 Å². The van der Waals surface area contributed by atoms with Crippen molar-refractivity contribution >= 4 is 21.8 Å². The van der Waals surface area contributed by atoms with E-state index in [1.165, 1.54) is 6.42 Å². The highest BCUT2D eigenvalue weighted by atomic mass is 79.9. The molecule has 1 aromatic heterocycles. The van der Waals surface area contributed by atoms with Crippen LogP contribution in [0.15, 0.2) is 21.4 Å². The van der Waals surface area contributed by atoms with Gasteiger partial charge in [0.1, 0.15) is 0 Å². The van der Waals surface area contributed by atoms with E-state index in [1.807, 2.05) is 4.90 Å². The minimum absolute atomic E-state index is 0.0900. The zero-order valence-corrected chi connectivity index (χ0v) is 11.0. The van der Waals surface area contributed by atoms with Crippen LogP contribution in [0.3, 0.4) is 0 Å². The second kappa shape index (κ2) is 5.04. The predicted octanol–water partition coefficient (Wildman–Crippen LogP) is 3.45. The quantitative estimate of drug-likeness (QED) is 0.834. The molecular weight excluding hydrogens is 270 g/mol. The summed E-state index contributed by atoms with van der Waals surface area (Å²) in [5.41, 5.74) is 0.639. The molecule has 1 unspecified atom stereocenters. The number of carbonyl (C=O) groups excluding carboxylic acids is 1. The lowest BCUT2D eigenvalue weighted by Crippen LogP contribution is -2.43. The van der Waals surface area contributed by atoms with Crippen LogP contribution in [0.2, 0.25) is 0 Å². The Bertz CT molecular complexity index is 375. The molecular formula is C12H16BrNO2. The van der Waals surface area contributed by atoms with Crippen molar-refractivity contribution in [3.63, 3.8) is 0 Å². The van der Waals surface area contributed by atoms with Crippen LogP contribution >= 0.6 is 15.9 Å². The Kier molecular flexibility index (Phi) is 3.69. The zero-order chi connectivity index (χ0) is 11.5. The van der Waals surface area contributed by atoms with Crippen molar-refractivity contribution in [2.24, 2.45) is 0 Å². The molecule has 1 aliphatic heterocycles. The number of piperidine rings is 1. The van der Waals surface area contributed by atoms with Gasteiger partial charge in [0.2, 0.25) is 0 Å². The molecule has 1 amide bonds. The van der Waals surface area contributed by atoms with E-state index in [0.717, 1.165) is 25.8 Å². The number of amides is 1. The Morgan fingerprint density at radius 1 is 1.62 bits per heavy atom. The highest BCUT2D eigenvalue weighted by molar-refractivity contribution is 9.10. The molecule has 88 valence electrons. The molecule has 4 heteroatoms. The minimum atomic E-state index is 0.0900. The van der Waals surface area contributed by atoms with Crippen molar-refractivity contribution in [3.05, 3.63) is 22.6 Å². The number of hydrogen-bond donors (Lipinski definition) is 0. The summed E-state index contributed by atoms with van der Waals surface area (Å²) in [6.45, 7) is 3.01. The molecule has 0 aromatic carbocycles. The van der Waals surface area contributed by atoms with E-state index in [9.17, 15) is 4.79 Å². The summed E-state index contributed by atoms with van der Waals surface area (Å²) in [6.07, 6.45) is 6.04. The zero-order valence-electron chi connectivity index (χ0n) is 9.41. The summed E-state index contributed by atoms with van der Waals surface area (Å²) in [7, 11) is 0. The van der Waals surface area contributed by atoms with E-state index in [4.69, 9.17) is 4.42 Å². The van der Waals surface area contributed by atoms with Crippen LogP contribution in [0.5, 0.6) is 0 Å². The van der Waals surface area contributed by atoms with Gasteiger partial charge in [0.25, 0.3) is 5.91 Å². The number of hydrogen-bond acceptors (Lipinski definition) is 2. The number of halogens is 1. The molecule has 1 fully saturated rings. The maximum Gasteiger partial charge on any atom is 0.258 e. The molecule has 0 bridgehead atoms. The monoisotopic (exact) mass is 285 g/mol. The Hall–Kier alpha value is -0.770. The van der Waals surface area contributed by atoms with Crippen LogP contribution < -0.4 is 0 Å². The molecule has 0 radical (unpaired) electrons. The SMILES string of the molecule is CCC1CCCCN1C(=O)c1ccoc1Br. The van der Waals surface area contributed by atoms with Crippen LogP contribution in [0.1, 0.15) is 43.0 Å². The first-order valence-corrected chi connectivity index (χ1v) is 6.57. The van der Waals surface area contributed by atoms with Crippen molar-refractivity contribution in [2.45, 2.75) is 38.6 Å². The fraction of sp³-hybridized carbons (Fsp3) is 0.583. The summed E-state index contributed by atoms with van der Waals surface area (Å²) in [5.74, 6) is 0.0900. The summed E-state index contributed by atoms with van der Waals surface area (Å²) in [5, 5.41) is 0. The van der Waals surface area contributed by atoms with Gasteiger partial charge < -0.3 is 9.32 Å². The highest BCUT2D eigenvalue weighted by Gasteiger charge is 2.27. The number of carbonyl (C=O) groups is 1. The van der Waals surface area contributed by atoms with E-state index in [-0.39, 0.29) is 5.91 Å². The minimum Gasteiger partial charge on any atom is -0.457 e. The van der Waals surface area contributed by atoms with Crippen LogP contribution in [-0.4, -0.2) is 23.4 Å². The first-order valence-electron chi connectivity index (χ1n) is 5.78. The largest absolute Gasteiger partial charge is 0.457 e.